The summed E-state index contributed by atoms with van der Waals surface area (Å²) in [7, 11) is 0. The van der Waals surface area contributed by atoms with E-state index in [1.807, 2.05) is 36.4 Å². The number of nitrogens with one attached hydrogen (secondary N) is 1. The Balaban J connectivity index is 1.90. The average Bonchev–Trinajstić information content (AvgIpc) is 2.69. The van der Waals surface area contributed by atoms with Gasteiger partial charge in [0.1, 0.15) is 11.6 Å². The van der Waals surface area contributed by atoms with E-state index >= 15 is 0 Å². The third-order valence-electron chi connectivity index (χ3n) is 4.43. The molecular formula is C22H26N4. The summed E-state index contributed by atoms with van der Waals surface area (Å²) in [5, 5.41) is 3.46. The monoisotopic (exact) mass is 346 g/mol. The van der Waals surface area contributed by atoms with Crippen molar-refractivity contribution in [1.29, 1.82) is 0 Å². The molecule has 4 nitrogen and oxygen atoms in total. The highest BCUT2D eigenvalue weighted by atomic mass is 15.2. The van der Waals surface area contributed by atoms with Gasteiger partial charge in [-0.15, -0.1) is 0 Å². The molecule has 0 aliphatic heterocycles. The first-order valence-electron chi connectivity index (χ1n) is 9.18. The fourth-order valence-corrected chi connectivity index (χ4v) is 2.85. The Morgan fingerprint density at radius 3 is 2.23 bits per heavy atom. The van der Waals surface area contributed by atoms with Gasteiger partial charge in [0.15, 0.2) is 5.82 Å². The number of hydrogen-bond donors (Lipinski definition) is 1. The Labute approximate surface area is 155 Å². The molecule has 26 heavy (non-hydrogen) atoms. The molecule has 0 aliphatic carbocycles. The Bertz CT molecular complexity index is 825. The lowest BCUT2D eigenvalue weighted by Gasteiger charge is -2.21. The fraction of sp³-hybridized carbons (Fsp3) is 0.273. The topological polar surface area (TPSA) is 41.0 Å². The summed E-state index contributed by atoms with van der Waals surface area (Å²) < 4.78 is 0. The van der Waals surface area contributed by atoms with Gasteiger partial charge >= 0.3 is 0 Å². The van der Waals surface area contributed by atoms with E-state index in [0.717, 1.165) is 42.7 Å². The lowest BCUT2D eigenvalue weighted by atomic mass is 10.1. The number of hydrogen-bond acceptors (Lipinski definition) is 4. The van der Waals surface area contributed by atoms with E-state index < -0.39 is 0 Å². The molecule has 0 atom stereocenters. The maximum absolute atomic E-state index is 4.79. The smallest absolute Gasteiger partial charge is 0.163 e. The van der Waals surface area contributed by atoms with Crippen LogP contribution in [-0.4, -0.2) is 23.1 Å². The summed E-state index contributed by atoms with van der Waals surface area (Å²) in [6.07, 6.45) is 0. The van der Waals surface area contributed by atoms with Crippen molar-refractivity contribution in [3.63, 3.8) is 0 Å². The molecular weight excluding hydrogens is 320 g/mol. The zero-order valence-corrected chi connectivity index (χ0v) is 15.7. The fourth-order valence-electron chi connectivity index (χ4n) is 2.85. The summed E-state index contributed by atoms with van der Waals surface area (Å²) in [6, 6.07) is 20.7. The summed E-state index contributed by atoms with van der Waals surface area (Å²) in [5.74, 6) is 2.55. The summed E-state index contributed by atoms with van der Waals surface area (Å²) in [6.45, 7) is 8.96. The third-order valence-corrected chi connectivity index (χ3v) is 4.43. The minimum atomic E-state index is 0.739. The number of benzene rings is 2. The number of rotatable bonds is 7. The molecule has 0 radical (unpaired) electrons. The molecule has 1 N–H and O–H groups in total. The zero-order chi connectivity index (χ0) is 18.4. The van der Waals surface area contributed by atoms with Crippen LogP contribution < -0.4 is 10.2 Å². The molecule has 1 aromatic heterocycles. The van der Waals surface area contributed by atoms with Crippen molar-refractivity contribution < 1.29 is 0 Å². The largest absolute Gasteiger partial charge is 0.366 e. The van der Waals surface area contributed by atoms with Crippen LogP contribution in [0.25, 0.3) is 11.4 Å². The summed E-state index contributed by atoms with van der Waals surface area (Å²) in [4.78, 5) is 11.8. The van der Waals surface area contributed by atoms with Gasteiger partial charge in [0.2, 0.25) is 0 Å². The van der Waals surface area contributed by atoms with Gasteiger partial charge in [-0.05, 0) is 26.3 Å². The van der Waals surface area contributed by atoms with E-state index in [1.54, 1.807) is 0 Å². The van der Waals surface area contributed by atoms with Crippen molar-refractivity contribution in [3.8, 4) is 11.4 Å². The van der Waals surface area contributed by atoms with E-state index in [-0.39, 0.29) is 0 Å². The van der Waals surface area contributed by atoms with Crippen LogP contribution in [0.4, 0.5) is 11.6 Å². The average molecular weight is 346 g/mol. The van der Waals surface area contributed by atoms with Crippen LogP contribution in [0.1, 0.15) is 25.0 Å². The van der Waals surface area contributed by atoms with Crippen LogP contribution in [0, 0.1) is 6.92 Å². The number of nitrogens with zero attached hydrogens (tertiary/aromatic N) is 3. The van der Waals surface area contributed by atoms with E-state index in [4.69, 9.17) is 9.97 Å². The molecule has 1 heterocycles. The van der Waals surface area contributed by atoms with Gasteiger partial charge in [0.25, 0.3) is 0 Å². The number of aryl methyl sites for hydroxylation is 1. The number of anilines is 2. The Hall–Kier alpha value is -2.88. The molecule has 4 heteroatoms. The highest BCUT2D eigenvalue weighted by Gasteiger charge is 2.10. The van der Waals surface area contributed by atoms with Crippen molar-refractivity contribution >= 4 is 11.6 Å². The van der Waals surface area contributed by atoms with Crippen LogP contribution in [0.15, 0.2) is 60.7 Å². The maximum Gasteiger partial charge on any atom is 0.163 e. The van der Waals surface area contributed by atoms with Gasteiger partial charge in [-0.2, -0.15) is 0 Å². The normalized spacial score (nSPS) is 10.6. The second-order valence-electron chi connectivity index (χ2n) is 6.31. The lowest BCUT2D eigenvalue weighted by molar-refractivity contribution is 0.842. The summed E-state index contributed by atoms with van der Waals surface area (Å²) >= 11 is 0. The first-order chi connectivity index (χ1) is 12.7. The first kappa shape index (κ1) is 17.9. The van der Waals surface area contributed by atoms with Crippen LogP contribution >= 0.6 is 0 Å². The van der Waals surface area contributed by atoms with Crippen molar-refractivity contribution in [3.05, 3.63) is 71.8 Å². The Morgan fingerprint density at radius 1 is 0.885 bits per heavy atom. The minimum absolute atomic E-state index is 0.739. The molecule has 0 spiro atoms. The molecule has 0 aliphatic rings. The van der Waals surface area contributed by atoms with Gasteiger partial charge in [-0.25, -0.2) is 9.97 Å². The molecule has 0 fully saturated rings. The van der Waals surface area contributed by atoms with Gasteiger partial charge in [0.05, 0.1) is 0 Å². The van der Waals surface area contributed by atoms with E-state index in [0.29, 0.717) is 0 Å². The van der Waals surface area contributed by atoms with Crippen LogP contribution in [0.5, 0.6) is 0 Å². The van der Waals surface area contributed by atoms with Crippen molar-refractivity contribution in [2.75, 3.05) is 23.3 Å². The third kappa shape index (κ3) is 4.39. The highest BCUT2D eigenvalue weighted by Crippen LogP contribution is 2.23. The van der Waals surface area contributed by atoms with Gasteiger partial charge < -0.3 is 10.2 Å². The zero-order valence-electron chi connectivity index (χ0n) is 15.7. The molecule has 0 saturated carbocycles. The second-order valence-corrected chi connectivity index (χ2v) is 6.31. The van der Waals surface area contributed by atoms with Crippen LogP contribution in [0.2, 0.25) is 0 Å². The van der Waals surface area contributed by atoms with Crippen molar-refractivity contribution in [1.82, 2.24) is 9.97 Å². The van der Waals surface area contributed by atoms with Gasteiger partial charge in [0, 0.05) is 31.3 Å². The molecule has 0 saturated heterocycles. The first-order valence-corrected chi connectivity index (χ1v) is 9.18. The molecule has 3 aromatic rings. The molecule has 3 rings (SSSR count). The van der Waals surface area contributed by atoms with E-state index in [1.165, 1.54) is 11.1 Å². The lowest BCUT2D eigenvalue weighted by Crippen LogP contribution is -2.23. The second kappa shape index (κ2) is 8.48. The van der Waals surface area contributed by atoms with E-state index in [2.05, 4.69) is 55.3 Å². The Kier molecular flexibility index (Phi) is 5.84. The summed E-state index contributed by atoms with van der Waals surface area (Å²) in [5.41, 5.74) is 3.53. The van der Waals surface area contributed by atoms with Gasteiger partial charge in [-0.1, -0.05) is 60.2 Å². The molecule has 2 aromatic carbocycles. The van der Waals surface area contributed by atoms with E-state index in [9.17, 15) is 0 Å². The van der Waals surface area contributed by atoms with Crippen LogP contribution in [0.3, 0.4) is 0 Å². The SMILES string of the molecule is CCN(CC)c1cc(NCc2ccc(C)cc2)nc(-c2ccccc2)n1. The number of aromatic nitrogens is 2. The molecule has 0 bridgehead atoms. The quantitative estimate of drug-likeness (QED) is 0.660. The standard InChI is InChI=1S/C22H26N4/c1-4-26(5-2)21-15-20(23-16-18-13-11-17(3)12-14-18)24-22(25-21)19-9-7-6-8-10-19/h6-15H,4-5,16H2,1-3H3,(H,23,24,25). The van der Waals surface area contributed by atoms with Gasteiger partial charge in [-0.3, -0.25) is 0 Å². The van der Waals surface area contributed by atoms with Crippen molar-refractivity contribution in [2.45, 2.75) is 27.3 Å². The maximum atomic E-state index is 4.79. The molecule has 134 valence electrons. The minimum Gasteiger partial charge on any atom is -0.366 e. The predicted octanol–water partition coefficient (Wildman–Crippen LogP) is 4.91. The molecule has 0 amide bonds. The molecule has 0 unspecified atom stereocenters. The van der Waals surface area contributed by atoms with Crippen molar-refractivity contribution in [2.24, 2.45) is 0 Å². The Morgan fingerprint density at radius 2 is 1.58 bits per heavy atom. The predicted molar refractivity (Wildman–Crippen MR) is 110 cm³/mol. The highest BCUT2D eigenvalue weighted by molar-refractivity contribution is 5.61. The van der Waals surface area contributed by atoms with Crippen LogP contribution in [-0.2, 0) is 6.54 Å².